The Labute approximate surface area is 125 Å². The first-order valence-electron chi connectivity index (χ1n) is 7.67. The van der Waals surface area contributed by atoms with Crippen LogP contribution in [0.5, 0.6) is 0 Å². The minimum Gasteiger partial charge on any atom is -0.481 e. The zero-order chi connectivity index (χ0) is 15.6. The molecule has 4 atom stereocenters. The van der Waals surface area contributed by atoms with Crippen molar-refractivity contribution in [3.8, 4) is 0 Å². The average molecular weight is 298 g/mol. The van der Waals surface area contributed by atoms with Gasteiger partial charge in [0.25, 0.3) is 0 Å². The van der Waals surface area contributed by atoms with Gasteiger partial charge >= 0.3 is 12.0 Å². The number of hydrogen-bond acceptors (Lipinski definition) is 3. The summed E-state index contributed by atoms with van der Waals surface area (Å²) in [7, 11) is 0. The molecule has 0 aromatic carbocycles. The SMILES string of the molecule is CC(C)(C)CC(CNC(=O)NC1CC2CCC1O2)C(=O)O. The molecular weight excluding hydrogens is 272 g/mol. The van der Waals surface area contributed by atoms with E-state index in [1.807, 2.05) is 20.8 Å². The largest absolute Gasteiger partial charge is 0.481 e. The summed E-state index contributed by atoms with van der Waals surface area (Å²) < 4.78 is 5.68. The summed E-state index contributed by atoms with van der Waals surface area (Å²) in [6.45, 7) is 6.14. The maximum atomic E-state index is 11.9. The van der Waals surface area contributed by atoms with E-state index in [1.165, 1.54) is 0 Å². The molecule has 4 unspecified atom stereocenters. The van der Waals surface area contributed by atoms with Gasteiger partial charge in [-0.1, -0.05) is 20.8 Å². The number of carbonyl (C=O) groups excluding carboxylic acids is 1. The first-order valence-corrected chi connectivity index (χ1v) is 7.67. The van der Waals surface area contributed by atoms with E-state index in [1.54, 1.807) is 0 Å². The predicted octanol–water partition coefficient (Wildman–Crippen LogP) is 1.74. The molecule has 120 valence electrons. The van der Waals surface area contributed by atoms with Crippen LogP contribution in [0.1, 0.15) is 46.5 Å². The van der Waals surface area contributed by atoms with Crippen molar-refractivity contribution in [3.05, 3.63) is 0 Å². The Hall–Kier alpha value is -1.30. The van der Waals surface area contributed by atoms with Crippen molar-refractivity contribution in [3.63, 3.8) is 0 Å². The zero-order valence-electron chi connectivity index (χ0n) is 13.0. The van der Waals surface area contributed by atoms with Gasteiger partial charge in [-0.15, -0.1) is 0 Å². The van der Waals surface area contributed by atoms with Gasteiger partial charge in [0.1, 0.15) is 0 Å². The second-order valence-corrected chi connectivity index (χ2v) is 7.37. The second-order valence-electron chi connectivity index (χ2n) is 7.37. The summed E-state index contributed by atoms with van der Waals surface area (Å²) in [4.78, 5) is 23.1. The van der Waals surface area contributed by atoms with Gasteiger partial charge in [0.2, 0.25) is 0 Å². The fraction of sp³-hybridized carbons (Fsp3) is 0.867. The van der Waals surface area contributed by atoms with Crippen LogP contribution in [-0.4, -0.2) is 41.9 Å². The Bertz CT molecular complexity index is 405. The van der Waals surface area contributed by atoms with Gasteiger partial charge in [-0.3, -0.25) is 4.79 Å². The van der Waals surface area contributed by atoms with Crippen LogP contribution >= 0.6 is 0 Å². The van der Waals surface area contributed by atoms with Gasteiger partial charge < -0.3 is 20.5 Å². The van der Waals surface area contributed by atoms with Crippen LogP contribution < -0.4 is 10.6 Å². The number of hydrogen-bond donors (Lipinski definition) is 3. The molecule has 6 nitrogen and oxygen atoms in total. The van der Waals surface area contributed by atoms with Crippen molar-refractivity contribution in [1.82, 2.24) is 10.6 Å². The summed E-state index contributed by atoms with van der Waals surface area (Å²) in [5.74, 6) is -1.43. The number of carboxylic acids is 1. The highest BCUT2D eigenvalue weighted by Gasteiger charge is 2.41. The number of ether oxygens (including phenoxy) is 1. The van der Waals surface area contributed by atoms with E-state index in [4.69, 9.17) is 4.74 Å². The lowest BCUT2D eigenvalue weighted by atomic mass is 9.84. The molecule has 0 aromatic rings. The van der Waals surface area contributed by atoms with Crippen LogP contribution in [-0.2, 0) is 9.53 Å². The Morgan fingerprint density at radius 2 is 2.05 bits per heavy atom. The predicted molar refractivity (Wildman–Crippen MR) is 78.0 cm³/mol. The molecule has 2 amide bonds. The molecule has 2 saturated heterocycles. The van der Waals surface area contributed by atoms with Gasteiger partial charge in [-0.2, -0.15) is 0 Å². The lowest BCUT2D eigenvalue weighted by Gasteiger charge is -2.24. The molecular formula is C15H26N2O4. The van der Waals surface area contributed by atoms with Crippen LogP contribution in [0.15, 0.2) is 0 Å². The van der Waals surface area contributed by atoms with Crippen molar-refractivity contribution in [1.29, 1.82) is 0 Å². The van der Waals surface area contributed by atoms with E-state index in [2.05, 4.69) is 10.6 Å². The minimum atomic E-state index is -0.867. The van der Waals surface area contributed by atoms with Crippen molar-refractivity contribution < 1.29 is 19.4 Å². The summed E-state index contributed by atoms with van der Waals surface area (Å²) in [6.07, 6.45) is 3.88. The van der Waals surface area contributed by atoms with E-state index >= 15 is 0 Å². The minimum absolute atomic E-state index is 0.0645. The molecule has 3 N–H and O–H groups in total. The number of nitrogens with one attached hydrogen (secondary N) is 2. The highest BCUT2D eigenvalue weighted by atomic mass is 16.5. The standard InChI is InChI=1S/C15H26N2O4/c1-15(2,3)7-9(13(18)19)8-16-14(20)17-11-6-10-4-5-12(11)21-10/h9-12H,4-8H2,1-3H3,(H,18,19)(H2,16,17,20). The summed E-state index contributed by atoms with van der Waals surface area (Å²) in [5, 5.41) is 14.8. The molecule has 2 fully saturated rings. The van der Waals surface area contributed by atoms with Crippen LogP contribution in [0.25, 0.3) is 0 Å². The highest BCUT2D eigenvalue weighted by molar-refractivity contribution is 5.76. The average Bonchev–Trinajstić information content (AvgIpc) is 2.94. The topological polar surface area (TPSA) is 87.7 Å². The summed E-state index contributed by atoms with van der Waals surface area (Å²) >= 11 is 0. The number of amides is 2. The van der Waals surface area contributed by atoms with Crippen molar-refractivity contribution in [2.24, 2.45) is 11.3 Å². The van der Waals surface area contributed by atoms with Crippen molar-refractivity contribution >= 4 is 12.0 Å². The van der Waals surface area contributed by atoms with Gasteiger partial charge in [0, 0.05) is 6.54 Å². The van der Waals surface area contributed by atoms with Crippen LogP contribution in [0.3, 0.4) is 0 Å². The molecule has 2 rings (SSSR count). The van der Waals surface area contributed by atoms with E-state index in [0.717, 1.165) is 19.3 Å². The molecule has 0 spiro atoms. The van der Waals surface area contributed by atoms with Crippen LogP contribution in [0.2, 0.25) is 0 Å². The van der Waals surface area contributed by atoms with Crippen LogP contribution in [0.4, 0.5) is 4.79 Å². The Balaban J connectivity index is 1.75. The number of aliphatic carboxylic acids is 1. The smallest absolute Gasteiger partial charge is 0.315 e. The molecule has 21 heavy (non-hydrogen) atoms. The Morgan fingerprint density at radius 1 is 1.33 bits per heavy atom. The summed E-state index contributed by atoms with van der Waals surface area (Å²) in [6, 6.07) is -0.231. The molecule has 2 heterocycles. The van der Waals surface area contributed by atoms with E-state index in [-0.39, 0.29) is 36.2 Å². The summed E-state index contributed by atoms with van der Waals surface area (Å²) in [5.41, 5.74) is -0.0837. The molecule has 2 bridgehead atoms. The molecule has 0 aromatic heterocycles. The molecule has 2 aliphatic rings. The maximum Gasteiger partial charge on any atom is 0.315 e. The van der Waals surface area contributed by atoms with Crippen molar-refractivity contribution in [2.75, 3.05) is 6.54 Å². The van der Waals surface area contributed by atoms with Gasteiger partial charge in [-0.25, -0.2) is 4.79 Å². The van der Waals surface area contributed by atoms with E-state index < -0.39 is 11.9 Å². The lowest BCUT2D eigenvalue weighted by molar-refractivity contribution is -0.142. The molecule has 2 aliphatic heterocycles. The molecule has 6 heteroatoms. The first kappa shape index (κ1) is 16.1. The highest BCUT2D eigenvalue weighted by Crippen LogP contribution is 2.34. The lowest BCUT2D eigenvalue weighted by Crippen LogP contribution is -2.48. The Morgan fingerprint density at radius 3 is 2.52 bits per heavy atom. The monoisotopic (exact) mass is 298 g/mol. The fourth-order valence-electron chi connectivity index (χ4n) is 3.21. The van der Waals surface area contributed by atoms with E-state index in [9.17, 15) is 14.7 Å². The second kappa shape index (κ2) is 6.22. The number of urea groups is 1. The maximum absolute atomic E-state index is 11.9. The third-order valence-corrected chi connectivity index (χ3v) is 4.14. The van der Waals surface area contributed by atoms with Gasteiger partial charge in [0.05, 0.1) is 24.2 Å². The quantitative estimate of drug-likeness (QED) is 0.721. The first-order chi connectivity index (χ1) is 9.74. The normalized spacial score (nSPS) is 29.2. The number of carboxylic acid groups (broad SMARTS) is 1. The number of carbonyl (C=O) groups is 2. The van der Waals surface area contributed by atoms with Gasteiger partial charge in [-0.05, 0) is 31.1 Å². The molecule has 0 radical (unpaired) electrons. The zero-order valence-corrected chi connectivity index (χ0v) is 13.0. The Kier molecular flexibility index (Phi) is 4.76. The molecule has 0 aliphatic carbocycles. The van der Waals surface area contributed by atoms with Crippen LogP contribution in [0, 0.1) is 11.3 Å². The van der Waals surface area contributed by atoms with Gasteiger partial charge in [0.15, 0.2) is 0 Å². The fourth-order valence-corrected chi connectivity index (χ4v) is 3.21. The third-order valence-electron chi connectivity index (χ3n) is 4.14. The number of rotatable bonds is 5. The number of fused-ring (bicyclic) bond motifs is 2. The third kappa shape index (κ3) is 4.59. The van der Waals surface area contributed by atoms with Crippen molar-refractivity contribution in [2.45, 2.75) is 64.7 Å². The molecule has 0 saturated carbocycles. The van der Waals surface area contributed by atoms with E-state index in [0.29, 0.717) is 6.42 Å².